The molecule has 0 bridgehead atoms. The number of benzene rings is 2. The number of guanidine groups is 1. The lowest BCUT2D eigenvalue weighted by Crippen LogP contribution is -2.33. The van der Waals surface area contributed by atoms with Crippen molar-refractivity contribution in [2.45, 2.75) is 6.54 Å². The van der Waals surface area contributed by atoms with E-state index in [4.69, 9.17) is 4.74 Å². The quantitative estimate of drug-likeness (QED) is 0.473. The molecule has 0 fully saturated rings. The highest BCUT2D eigenvalue weighted by Crippen LogP contribution is 2.20. The van der Waals surface area contributed by atoms with Crippen molar-refractivity contribution in [3.63, 3.8) is 0 Å². The van der Waals surface area contributed by atoms with Gasteiger partial charge in [0.25, 0.3) is 0 Å². The number of para-hydroxylation sites is 1. The first-order valence-corrected chi connectivity index (χ1v) is 6.52. The van der Waals surface area contributed by atoms with Gasteiger partial charge in [0.1, 0.15) is 11.5 Å². The molecule has 4 nitrogen and oxygen atoms in total. The van der Waals surface area contributed by atoms with E-state index in [2.05, 4.69) is 15.6 Å². The minimum Gasteiger partial charge on any atom is -0.457 e. The van der Waals surface area contributed by atoms with Crippen LogP contribution in [0.4, 0.5) is 0 Å². The number of nitrogens with one attached hydrogen (secondary N) is 2. The van der Waals surface area contributed by atoms with Gasteiger partial charge in [0.15, 0.2) is 5.96 Å². The van der Waals surface area contributed by atoms with Crippen molar-refractivity contribution in [1.29, 1.82) is 0 Å². The van der Waals surface area contributed by atoms with Gasteiger partial charge in [-0.1, -0.05) is 30.3 Å². The van der Waals surface area contributed by atoms with Gasteiger partial charge in [-0.2, -0.15) is 0 Å². The van der Waals surface area contributed by atoms with Crippen LogP contribution in [0.25, 0.3) is 0 Å². The zero-order chi connectivity index (χ0) is 14.2. The molecule has 0 saturated carbocycles. The van der Waals surface area contributed by atoms with Crippen LogP contribution in [0.15, 0.2) is 59.6 Å². The monoisotopic (exact) mass is 397 g/mol. The Kier molecular flexibility index (Phi) is 7.60. The molecule has 0 aliphatic rings. The highest BCUT2D eigenvalue weighted by Gasteiger charge is 1.98. The van der Waals surface area contributed by atoms with E-state index in [9.17, 15) is 0 Å². The predicted molar refractivity (Wildman–Crippen MR) is 97.6 cm³/mol. The molecule has 5 heteroatoms. The molecule has 112 valence electrons. The Morgan fingerprint density at radius 3 is 2.19 bits per heavy atom. The van der Waals surface area contributed by atoms with Crippen LogP contribution in [0.2, 0.25) is 0 Å². The van der Waals surface area contributed by atoms with Crippen molar-refractivity contribution >= 4 is 29.9 Å². The Morgan fingerprint density at radius 1 is 1.00 bits per heavy atom. The average Bonchev–Trinajstić information content (AvgIpc) is 2.51. The van der Waals surface area contributed by atoms with Crippen molar-refractivity contribution in [3.05, 3.63) is 60.2 Å². The maximum absolute atomic E-state index is 5.74. The summed E-state index contributed by atoms with van der Waals surface area (Å²) in [7, 11) is 3.59. The fraction of sp³-hybridized carbons (Fsp3) is 0.188. The molecule has 0 atom stereocenters. The maximum Gasteiger partial charge on any atom is 0.190 e. The lowest BCUT2D eigenvalue weighted by atomic mass is 10.2. The summed E-state index contributed by atoms with van der Waals surface area (Å²) < 4.78 is 5.74. The molecule has 0 aromatic heterocycles. The van der Waals surface area contributed by atoms with Gasteiger partial charge in [-0.25, -0.2) is 0 Å². The third kappa shape index (κ3) is 5.63. The number of hydrogen-bond donors (Lipinski definition) is 2. The van der Waals surface area contributed by atoms with E-state index in [0.29, 0.717) is 0 Å². The molecule has 0 aliphatic carbocycles. The molecular formula is C16H20IN3O. The zero-order valence-electron chi connectivity index (χ0n) is 12.2. The number of hydrogen-bond acceptors (Lipinski definition) is 2. The fourth-order valence-corrected chi connectivity index (χ4v) is 1.76. The van der Waals surface area contributed by atoms with Gasteiger partial charge in [-0.15, -0.1) is 24.0 Å². The molecule has 2 aromatic rings. The summed E-state index contributed by atoms with van der Waals surface area (Å²) in [5.41, 5.74) is 1.17. The number of nitrogens with zero attached hydrogens (tertiary/aromatic N) is 1. The van der Waals surface area contributed by atoms with Crippen LogP contribution in [0.3, 0.4) is 0 Å². The second kappa shape index (κ2) is 9.23. The third-order valence-corrected chi connectivity index (χ3v) is 2.82. The van der Waals surface area contributed by atoms with Gasteiger partial charge in [0, 0.05) is 20.6 Å². The van der Waals surface area contributed by atoms with Crippen LogP contribution >= 0.6 is 24.0 Å². The summed E-state index contributed by atoms with van der Waals surface area (Å²) in [6, 6.07) is 17.8. The molecule has 2 aromatic carbocycles. The molecule has 0 heterocycles. The van der Waals surface area contributed by atoms with Crippen LogP contribution < -0.4 is 15.4 Å². The van der Waals surface area contributed by atoms with Gasteiger partial charge in [0.05, 0.1) is 0 Å². The van der Waals surface area contributed by atoms with E-state index in [1.165, 1.54) is 5.56 Å². The van der Waals surface area contributed by atoms with Crippen molar-refractivity contribution in [1.82, 2.24) is 10.6 Å². The topological polar surface area (TPSA) is 45.7 Å². The number of halogens is 1. The van der Waals surface area contributed by atoms with Crippen molar-refractivity contribution in [2.75, 3.05) is 14.1 Å². The van der Waals surface area contributed by atoms with Gasteiger partial charge in [0.2, 0.25) is 0 Å². The van der Waals surface area contributed by atoms with Gasteiger partial charge in [-0.3, -0.25) is 4.99 Å². The first kappa shape index (κ1) is 17.3. The highest BCUT2D eigenvalue weighted by molar-refractivity contribution is 14.0. The smallest absolute Gasteiger partial charge is 0.190 e. The predicted octanol–water partition coefficient (Wildman–Crippen LogP) is 3.39. The Morgan fingerprint density at radius 2 is 1.62 bits per heavy atom. The maximum atomic E-state index is 5.74. The molecule has 0 radical (unpaired) electrons. The van der Waals surface area contributed by atoms with Crippen LogP contribution in [-0.2, 0) is 6.54 Å². The van der Waals surface area contributed by atoms with Gasteiger partial charge >= 0.3 is 0 Å². The molecule has 21 heavy (non-hydrogen) atoms. The lowest BCUT2D eigenvalue weighted by molar-refractivity contribution is 0.482. The summed E-state index contributed by atoms with van der Waals surface area (Å²) >= 11 is 0. The Balaban J connectivity index is 0.00000220. The molecule has 0 amide bonds. The van der Waals surface area contributed by atoms with E-state index in [1.807, 2.05) is 61.6 Å². The van der Waals surface area contributed by atoms with Crippen LogP contribution in [0, 0.1) is 0 Å². The zero-order valence-corrected chi connectivity index (χ0v) is 14.5. The molecular weight excluding hydrogens is 377 g/mol. The summed E-state index contributed by atoms with van der Waals surface area (Å²) in [5, 5.41) is 6.18. The minimum absolute atomic E-state index is 0. The van der Waals surface area contributed by atoms with Crippen LogP contribution in [0.1, 0.15) is 5.56 Å². The second-order valence-corrected chi connectivity index (χ2v) is 4.23. The van der Waals surface area contributed by atoms with Crippen LogP contribution in [0.5, 0.6) is 11.5 Å². The number of aliphatic imine (C=N–C) groups is 1. The molecule has 0 spiro atoms. The molecule has 0 saturated heterocycles. The molecule has 2 rings (SSSR count). The summed E-state index contributed by atoms with van der Waals surface area (Å²) in [5.74, 6) is 2.45. The summed E-state index contributed by atoms with van der Waals surface area (Å²) in [6.45, 7) is 0.721. The third-order valence-electron chi connectivity index (χ3n) is 2.82. The first-order valence-electron chi connectivity index (χ1n) is 6.52. The fourth-order valence-electron chi connectivity index (χ4n) is 1.76. The van der Waals surface area contributed by atoms with Crippen LogP contribution in [-0.4, -0.2) is 20.1 Å². The van der Waals surface area contributed by atoms with Crippen molar-refractivity contribution in [2.24, 2.45) is 4.99 Å². The van der Waals surface area contributed by atoms with Crippen molar-refractivity contribution < 1.29 is 4.74 Å². The summed E-state index contributed by atoms with van der Waals surface area (Å²) in [4.78, 5) is 4.06. The van der Waals surface area contributed by atoms with Gasteiger partial charge < -0.3 is 15.4 Å². The van der Waals surface area contributed by atoms with Crippen molar-refractivity contribution in [3.8, 4) is 11.5 Å². The second-order valence-electron chi connectivity index (χ2n) is 4.23. The van der Waals surface area contributed by atoms with E-state index in [1.54, 1.807) is 7.05 Å². The molecule has 2 N–H and O–H groups in total. The van der Waals surface area contributed by atoms with E-state index < -0.39 is 0 Å². The molecule has 0 unspecified atom stereocenters. The number of ether oxygens (including phenoxy) is 1. The lowest BCUT2D eigenvalue weighted by Gasteiger charge is -2.09. The van der Waals surface area contributed by atoms with E-state index in [0.717, 1.165) is 24.0 Å². The largest absolute Gasteiger partial charge is 0.457 e. The SMILES string of the molecule is CN=C(NC)NCc1ccc(Oc2ccccc2)cc1.I. The Labute approximate surface area is 142 Å². The Hall–Kier alpha value is -1.76. The Bertz CT molecular complexity index is 555. The minimum atomic E-state index is 0. The summed E-state index contributed by atoms with van der Waals surface area (Å²) in [6.07, 6.45) is 0. The highest BCUT2D eigenvalue weighted by atomic mass is 127. The van der Waals surface area contributed by atoms with E-state index >= 15 is 0 Å². The van der Waals surface area contributed by atoms with E-state index in [-0.39, 0.29) is 24.0 Å². The molecule has 0 aliphatic heterocycles. The standard InChI is InChI=1S/C16H19N3O.HI/c1-17-16(18-2)19-12-13-8-10-15(11-9-13)20-14-6-4-3-5-7-14;/h3-11H,12H2,1-2H3,(H2,17,18,19);1H. The first-order chi connectivity index (χ1) is 9.81. The average molecular weight is 397 g/mol. The number of rotatable bonds is 4. The van der Waals surface area contributed by atoms with Gasteiger partial charge in [-0.05, 0) is 29.8 Å². The normalized spacial score (nSPS) is 10.5.